The minimum Gasteiger partial charge on any atom is -0.481 e. The number of carboxylic acid groups (broad SMARTS) is 1. The second-order valence-electron chi connectivity index (χ2n) is 5.82. The van der Waals surface area contributed by atoms with Gasteiger partial charge in [-0.15, -0.1) is 0 Å². The molecule has 1 amide bonds. The monoisotopic (exact) mass is 318 g/mol. The average molecular weight is 318 g/mol. The van der Waals surface area contributed by atoms with Gasteiger partial charge in [-0.25, -0.2) is 4.79 Å². The maximum absolute atomic E-state index is 12.5. The number of carboxylic acids is 1. The molecular weight excluding hydrogens is 300 g/mol. The summed E-state index contributed by atoms with van der Waals surface area (Å²) in [7, 11) is 0. The Balaban J connectivity index is 1.70. The van der Waals surface area contributed by atoms with E-state index in [1.54, 1.807) is 28.0 Å². The Morgan fingerprint density at radius 3 is 2.87 bits per heavy atom. The molecule has 3 rings (SSSR count). The molecule has 0 saturated carbocycles. The molecule has 7 nitrogen and oxygen atoms in total. The number of likely N-dealkylation sites (tertiary alicyclic amines) is 1. The van der Waals surface area contributed by atoms with Crippen molar-refractivity contribution in [2.24, 2.45) is 5.92 Å². The van der Waals surface area contributed by atoms with E-state index in [1.807, 2.05) is 6.07 Å². The number of fused-ring (bicyclic) bond motifs is 1. The van der Waals surface area contributed by atoms with Gasteiger partial charge in [0, 0.05) is 13.1 Å². The lowest BCUT2D eigenvalue weighted by molar-refractivity contribution is -0.145. The van der Waals surface area contributed by atoms with Crippen molar-refractivity contribution in [1.82, 2.24) is 4.90 Å². The molecule has 2 aliphatic rings. The summed E-state index contributed by atoms with van der Waals surface area (Å²) in [6, 6.07) is 7.06. The first-order valence-electron chi connectivity index (χ1n) is 7.60. The molecule has 1 unspecified atom stereocenters. The van der Waals surface area contributed by atoms with E-state index in [0.717, 1.165) is 0 Å². The van der Waals surface area contributed by atoms with E-state index in [1.165, 1.54) is 0 Å². The summed E-state index contributed by atoms with van der Waals surface area (Å²) < 4.78 is 5.15. The van der Waals surface area contributed by atoms with Crippen LogP contribution >= 0.6 is 0 Å². The van der Waals surface area contributed by atoms with E-state index in [0.29, 0.717) is 30.8 Å². The number of rotatable bonds is 3. The Morgan fingerprint density at radius 2 is 2.09 bits per heavy atom. The number of carbonyl (C=O) groups excluding carboxylic acids is 2. The summed E-state index contributed by atoms with van der Waals surface area (Å²) in [4.78, 5) is 38.5. The van der Waals surface area contributed by atoms with Crippen LogP contribution < -0.4 is 9.64 Å². The largest absolute Gasteiger partial charge is 0.481 e. The number of aliphatic carboxylic acids is 1. The van der Waals surface area contributed by atoms with Crippen molar-refractivity contribution >= 4 is 23.5 Å². The van der Waals surface area contributed by atoms with E-state index in [2.05, 4.69) is 0 Å². The Morgan fingerprint density at radius 1 is 1.30 bits per heavy atom. The van der Waals surface area contributed by atoms with Gasteiger partial charge in [-0.2, -0.15) is 0 Å². The van der Waals surface area contributed by atoms with Crippen LogP contribution in [0.25, 0.3) is 0 Å². The second kappa shape index (κ2) is 6.28. The first-order valence-corrected chi connectivity index (χ1v) is 7.60. The number of piperidine rings is 1. The van der Waals surface area contributed by atoms with Gasteiger partial charge in [0.15, 0.2) is 5.75 Å². The Hall–Kier alpha value is -2.57. The lowest BCUT2D eigenvalue weighted by Crippen LogP contribution is -2.48. The highest BCUT2D eigenvalue weighted by Crippen LogP contribution is 2.31. The zero-order valence-corrected chi connectivity index (χ0v) is 12.6. The standard InChI is InChI=1S/C16H18N2O5/c19-14(17-7-3-4-11(8-17)16(21)22)9-18-10-15(20)23-13-6-2-1-5-12(13)18/h1-2,5-6,11H,3-4,7-10H2,(H,21,22). The number of para-hydroxylation sites is 2. The summed E-state index contributed by atoms with van der Waals surface area (Å²) in [5, 5.41) is 9.11. The van der Waals surface area contributed by atoms with Crippen LogP contribution in [0.3, 0.4) is 0 Å². The number of benzene rings is 1. The van der Waals surface area contributed by atoms with Crippen LogP contribution in [-0.4, -0.2) is 54.0 Å². The fourth-order valence-corrected chi connectivity index (χ4v) is 3.01. The molecular formula is C16H18N2O5. The van der Waals surface area contributed by atoms with Crippen LogP contribution in [0.2, 0.25) is 0 Å². The zero-order valence-electron chi connectivity index (χ0n) is 12.6. The van der Waals surface area contributed by atoms with Crippen molar-refractivity contribution in [3.8, 4) is 5.75 Å². The molecule has 1 aromatic rings. The maximum Gasteiger partial charge on any atom is 0.331 e. The number of anilines is 1. The van der Waals surface area contributed by atoms with Crippen molar-refractivity contribution in [3.05, 3.63) is 24.3 Å². The Kier molecular flexibility index (Phi) is 4.18. The van der Waals surface area contributed by atoms with Crippen molar-refractivity contribution in [1.29, 1.82) is 0 Å². The highest BCUT2D eigenvalue weighted by molar-refractivity contribution is 5.89. The van der Waals surface area contributed by atoms with Crippen LogP contribution in [0.1, 0.15) is 12.8 Å². The molecule has 2 heterocycles. The lowest BCUT2D eigenvalue weighted by Gasteiger charge is -2.34. The summed E-state index contributed by atoms with van der Waals surface area (Å²) in [5.74, 6) is -1.50. The van der Waals surface area contributed by atoms with Gasteiger partial charge in [-0.05, 0) is 25.0 Å². The lowest BCUT2D eigenvalue weighted by atomic mass is 9.98. The third-order valence-corrected chi connectivity index (χ3v) is 4.20. The van der Waals surface area contributed by atoms with Gasteiger partial charge in [0.05, 0.1) is 18.2 Å². The predicted molar refractivity (Wildman–Crippen MR) is 81.2 cm³/mol. The van der Waals surface area contributed by atoms with Gasteiger partial charge in [0.25, 0.3) is 0 Å². The van der Waals surface area contributed by atoms with Gasteiger partial charge in [0.1, 0.15) is 6.54 Å². The van der Waals surface area contributed by atoms with E-state index >= 15 is 0 Å². The van der Waals surface area contributed by atoms with Crippen LogP contribution in [0, 0.1) is 5.92 Å². The molecule has 1 fully saturated rings. The maximum atomic E-state index is 12.5. The first kappa shape index (κ1) is 15.3. The Bertz CT molecular complexity index is 645. The van der Waals surface area contributed by atoms with Crippen LogP contribution in [0.15, 0.2) is 24.3 Å². The van der Waals surface area contributed by atoms with Crippen molar-refractivity contribution in [3.63, 3.8) is 0 Å². The third kappa shape index (κ3) is 3.28. The molecule has 0 bridgehead atoms. The predicted octanol–water partition coefficient (Wildman–Crippen LogP) is 0.735. The molecule has 1 aromatic carbocycles. The molecule has 1 saturated heterocycles. The highest BCUT2D eigenvalue weighted by atomic mass is 16.5. The number of esters is 1. The van der Waals surface area contributed by atoms with Crippen LogP contribution in [0.5, 0.6) is 5.75 Å². The average Bonchev–Trinajstić information content (AvgIpc) is 2.54. The minimum atomic E-state index is -0.866. The highest BCUT2D eigenvalue weighted by Gasteiger charge is 2.31. The number of hydrogen-bond acceptors (Lipinski definition) is 5. The van der Waals surface area contributed by atoms with Crippen molar-refractivity contribution in [2.45, 2.75) is 12.8 Å². The number of nitrogens with zero attached hydrogens (tertiary/aromatic N) is 2. The number of carbonyl (C=O) groups is 3. The SMILES string of the molecule is O=C1CN(CC(=O)N2CCCC(C(=O)O)C2)c2ccccc2O1. The molecule has 0 radical (unpaired) electrons. The van der Waals surface area contributed by atoms with Gasteiger partial charge >= 0.3 is 11.9 Å². The molecule has 0 aliphatic carbocycles. The first-order chi connectivity index (χ1) is 11.0. The number of hydrogen-bond donors (Lipinski definition) is 1. The quantitative estimate of drug-likeness (QED) is 0.653. The van der Waals surface area contributed by atoms with E-state index in [4.69, 9.17) is 9.84 Å². The fourth-order valence-electron chi connectivity index (χ4n) is 3.01. The minimum absolute atomic E-state index is 0.0128. The molecule has 0 aromatic heterocycles. The summed E-state index contributed by atoms with van der Waals surface area (Å²) >= 11 is 0. The van der Waals surface area contributed by atoms with E-state index < -0.39 is 17.9 Å². The molecule has 1 atom stereocenters. The molecule has 23 heavy (non-hydrogen) atoms. The van der Waals surface area contributed by atoms with Crippen LogP contribution in [-0.2, 0) is 14.4 Å². The number of amides is 1. The van der Waals surface area contributed by atoms with Crippen LogP contribution in [0.4, 0.5) is 5.69 Å². The van der Waals surface area contributed by atoms with E-state index in [-0.39, 0.29) is 25.5 Å². The summed E-state index contributed by atoms with van der Waals surface area (Å²) in [6.07, 6.45) is 1.28. The fraction of sp³-hybridized carbons (Fsp3) is 0.438. The normalized spacial score (nSPS) is 20.7. The van der Waals surface area contributed by atoms with E-state index in [9.17, 15) is 14.4 Å². The third-order valence-electron chi connectivity index (χ3n) is 4.20. The molecule has 0 spiro atoms. The summed E-state index contributed by atoms with van der Waals surface area (Å²) in [5.41, 5.74) is 0.701. The van der Waals surface area contributed by atoms with Gasteiger partial charge < -0.3 is 19.6 Å². The molecule has 7 heteroatoms. The van der Waals surface area contributed by atoms with Crippen molar-refractivity contribution < 1.29 is 24.2 Å². The van der Waals surface area contributed by atoms with Gasteiger partial charge in [-0.1, -0.05) is 12.1 Å². The van der Waals surface area contributed by atoms with Crippen molar-refractivity contribution in [2.75, 3.05) is 31.1 Å². The topological polar surface area (TPSA) is 87.2 Å². The zero-order chi connectivity index (χ0) is 16.4. The Labute approximate surface area is 133 Å². The van der Waals surface area contributed by atoms with Gasteiger partial charge in [-0.3, -0.25) is 9.59 Å². The summed E-state index contributed by atoms with van der Waals surface area (Å²) in [6.45, 7) is 0.841. The number of ether oxygens (including phenoxy) is 1. The molecule has 2 aliphatic heterocycles. The molecule has 1 N–H and O–H groups in total. The molecule has 122 valence electrons. The second-order valence-corrected chi connectivity index (χ2v) is 5.82. The smallest absolute Gasteiger partial charge is 0.331 e. The van der Waals surface area contributed by atoms with Gasteiger partial charge in [0.2, 0.25) is 5.91 Å².